The van der Waals surface area contributed by atoms with E-state index in [1.165, 1.54) is 12.1 Å². The van der Waals surface area contributed by atoms with Crippen LogP contribution >= 0.6 is 12.6 Å². The molecule has 0 aromatic heterocycles. The maximum Gasteiger partial charge on any atom is 0.0623 e. The topological polar surface area (TPSA) is 0 Å². The van der Waals surface area contributed by atoms with Gasteiger partial charge in [0.1, 0.15) is 0 Å². The van der Waals surface area contributed by atoms with Crippen LogP contribution in [0.5, 0.6) is 0 Å². The lowest BCUT2D eigenvalue weighted by atomic mass is 10.9. The summed E-state index contributed by atoms with van der Waals surface area (Å²) in [7, 11) is -0.0761. The molecule has 0 N–H and O–H groups in total. The molecular weight excluding hydrogens is 132 g/mol. The van der Waals surface area contributed by atoms with E-state index in [1.54, 1.807) is 0 Å². The molecule has 0 aliphatic rings. The van der Waals surface area contributed by atoms with Gasteiger partial charge in [0.2, 0.25) is 0 Å². The summed E-state index contributed by atoms with van der Waals surface area (Å²) in [5.41, 5.74) is 0. The summed E-state index contributed by atoms with van der Waals surface area (Å²) < 4.78 is 0. The third-order valence-electron chi connectivity index (χ3n) is 1.50. The molecule has 0 spiro atoms. The number of rotatable bonds is 3. The molecule has 0 saturated carbocycles. The molecule has 0 fully saturated rings. The van der Waals surface area contributed by atoms with Crippen LogP contribution < -0.4 is 0 Å². The molecule has 0 aromatic rings. The van der Waals surface area contributed by atoms with Crippen molar-refractivity contribution in [3.05, 3.63) is 0 Å². The summed E-state index contributed by atoms with van der Waals surface area (Å²) in [6.07, 6.45) is 0. The Hall–Kier alpha value is 0.567. The van der Waals surface area contributed by atoms with Crippen molar-refractivity contribution in [3.8, 4) is 0 Å². The van der Waals surface area contributed by atoms with Crippen molar-refractivity contribution in [2.45, 2.75) is 37.7 Å². The van der Waals surface area contributed by atoms with Gasteiger partial charge in [-0.2, -0.15) is 12.6 Å². The summed E-state index contributed by atoms with van der Waals surface area (Å²) in [5.74, 6) is 0. The Balaban J connectivity index is 3.35. The van der Waals surface area contributed by atoms with E-state index in [0.29, 0.717) is 4.87 Å². The van der Waals surface area contributed by atoms with Gasteiger partial charge in [0.25, 0.3) is 0 Å². The molecule has 0 amide bonds. The maximum atomic E-state index is 4.40. The molecule has 1 unspecified atom stereocenters. The fourth-order valence-electron chi connectivity index (χ4n) is 0.841. The van der Waals surface area contributed by atoms with Gasteiger partial charge in [-0.05, 0) is 4.87 Å². The van der Waals surface area contributed by atoms with Crippen LogP contribution in [0.15, 0.2) is 0 Å². The van der Waals surface area contributed by atoms with Crippen LogP contribution in [-0.4, -0.2) is 13.7 Å². The molecule has 0 aromatic carbocycles. The van der Waals surface area contributed by atoms with Gasteiger partial charge in [-0.1, -0.05) is 32.9 Å². The highest BCUT2D eigenvalue weighted by Crippen LogP contribution is 2.07. The van der Waals surface area contributed by atoms with Crippen molar-refractivity contribution in [3.63, 3.8) is 0 Å². The third kappa shape index (κ3) is 2.77. The molecule has 0 nitrogen and oxygen atoms in total. The Morgan fingerprint density at radius 3 is 1.75 bits per heavy atom. The molecule has 0 aliphatic heterocycles. The van der Waals surface area contributed by atoms with Crippen LogP contribution in [0.2, 0.25) is 12.1 Å². The SMILES string of the molecule is CC[Si](CC)C(C)S. The second-order valence-corrected chi connectivity index (χ2v) is 6.90. The highest BCUT2D eigenvalue weighted by molar-refractivity contribution is 7.82. The normalized spacial score (nSPS) is 14.6. The van der Waals surface area contributed by atoms with Crippen molar-refractivity contribution in [1.29, 1.82) is 0 Å². The summed E-state index contributed by atoms with van der Waals surface area (Å²) in [6, 6.07) is 2.73. The van der Waals surface area contributed by atoms with E-state index >= 15 is 0 Å². The van der Waals surface area contributed by atoms with Crippen LogP contribution in [0, 0.1) is 0 Å². The summed E-state index contributed by atoms with van der Waals surface area (Å²) in [4.78, 5) is 0.676. The summed E-state index contributed by atoms with van der Waals surface area (Å²) in [5, 5.41) is 0. The predicted molar refractivity (Wildman–Crippen MR) is 45.2 cm³/mol. The van der Waals surface area contributed by atoms with E-state index in [-0.39, 0.29) is 8.80 Å². The number of hydrogen-bond acceptors (Lipinski definition) is 1. The first-order valence-corrected chi connectivity index (χ1v) is 5.75. The van der Waals surface area contributed by atoms with Gasteiger partial charge in [-0.3, -0.25) is 0 Å². The zero-order valence-corrected chi connectivity index (χ0v) is 7.83. The van der Waals surface area contributed by atoms with E-state index < -0.39 is 0 Å². The van der Waals surface area contributed by atoms with Crippen molar-refractivity contribution in [2.24, 2.45) is 0 Å². The van der Waals surface area contributed by atoms with Crippen LogP contribution in [0.3, 0.4) is 0 Å². The van der Waals surface area contributed by atoms with Gasteiger partial charge in [0, 0.05) is 0 Å². The monoisotopic (exact) mass is 147 g/mol. The van der Waals surface area contributed by atoms with Crippen LogP contribution in [0.1, 0.15) is 20.8 Å². The Morgan fingerprint density at radius 1 is 1.38 bits per heavy atom. The first-order chi connectivity index (χ1) is 3.72. The Morgan fingerprint density at radius 2 is 1.75 bits per heavy atom. The minimum absolute atomic E-state index is 0.0761. The molecular formula is C6H15SSi. The average molecular weight is 147 g/mol. The molecule has 1 radical (unpaired) electrons. The first kappa shape index (κ1) is 8.57. The average Bonchev–Trinajstić information content (AvgIpc) is 1.69. The lowest BCUT2D eigenvalue weighted by molar-refractivity contribution is 1.21. The van der Waals surface area contributed by atoms with Crippen molar-refractivity contribution in [2.75, 3.05) is 0 Å². The minimum atomic E-state index is -0.0761. The van der Waals surface area contributed by atoms with E-state index in [4.69, 9.17) is 0 Å². The lowest BCUT2D eigenvalue weighted by Crippen LogP contribution is -2.20. The zero-order chi connectivity index (χ0) is 6.57. The van der Waals surface area contributed by atoms with Crippen molar-refractivity contribution >= 4 is 21.4 Å². The molecule has 49 valence electrons. The maximum absolute atomic E-state index is 4.40. The molecule has 0 aliphatic carbocycles. The molecule has 1 atom stereocenters. The van der Waals surface area contributed by atoms with Crippen molar-refractivity contribution in [1.82, 2.24) is 0 Å². The van der Waals surface area contributed by atoms with Crippen molar-refractivity contribution < 1.29 is 0 Å². The minimum Gasteiger partial charge on any atom is -0.180 e. The Labute approximate surface area is 59.7 Å². The molecule has 8 heavy (non-hydrogen) atoms. The van der Waals surface area contributed by atoms with Gasteiger partial charge in [-0.15, -0.1) is 0 Å². The van der Waals surface area contributed by atoms with Gasteiger partial charge >= 0.3 is 0 Å². The van der Waals surface area contributed by atoms with E-state index in [0.717, 1.165) is 0 Å². The van der Waals surface area contributed by atoms with Crippen LogP contribution in [0.25, 0.3) is 0 Å². The standard InChI is InChI=1S/C6H15SSi/c1-4-8(5-2)6(3)7/h6-7H,4-5H2,1-3H3. The molecule has 0 bridgehead atoms. The predicted octanol–water partition coefficient (Wildman–Crippen LogP) is 2.38. The summed E-state index contributed by atoms with van der Waals surface area (Å²) >= 11 is 4.40. The fourth-order valence-corrected chi connectivity index (χ4v) is 3.62. The molecule has 0 heterocycles. The Bertz CT molecular complexity index is 50.5. The van der Waals surface area contributed by atoms with Gasteiger partial charge < -0.3 is 0 Å². The lowest BCUT2D eigenvalue weighted by Gasteiger charge is -2.12. The van der Waals surface area contributed by atoms with E-state index in [9.17, 15) is 0 Å². The molecule has 2 heteroatoms. The smallest absolute Gasteiger partial charge is 0.0623 e. The van der Waals surface area contributed by atoms with Gasteiger partial charge in [-0.25, -0.2) is 0 Å². The Kier molecular flexibility index (Phi) is 4.76. The van der Waals surface area contributed by atoms with E-state index in [2.05, 4.69) is 33.4 Å². The molecule has 0 saturated heterocycles. The van der Waals surface area contributed by atoms with E-state index in [1.807, 2.05) is 0 Å². The highest BCUT2D eigenvalue weighted by Gasteiger charge is 2.09. The van der Waals surface area contributed by atoms with Gasteiger partial charge in [0.15, 0.2) is 0 Å². The number of thiol groups is 1. The second kappa shape index (κ2) is 4.45. The van der Waals surface area contributed by atoms with Crippen LogP contribution in [0.4, 0.5) is 0 Å². The van der Waals surface area contributed by atoms with Crippen LogP contribution in [-0.2, 0) is 0 Å². The highest BCUT2D eigenvalue weighted by atomic mass is 32.1. The zero-order valence-electron chi connectivity index (χ0n) is 5.94. The fraction of sp³-hybridized carbons (Fsp3) is 1.00. The largest absolute Gasteiger partial charge is 0.180 e. The number of hydrogen-bond donors (Lipinski definition) is 1. The third-order valence-corrected chi connectivity index (χ3v) is 5.59. The molecule has 0 rings (SSSR count). The van der Waals surface area contributed by atoms with Gasteiger partial charge in [0.05, 0.1) is 8.80 Å². The summed E-state index contributed by atoms with van der Waals surface area (Å²) in [6.45, 7) is 6.75. The quantitative estimate of drug-likeness (QED) is 0.460. The first-order valence-electron chi connectivity index (χ1n) is 3.25. The second-order valence-electron chi connectivity index (χ2n) is 2.04.